The van der Waals surface area contributed by atoms with Crippen LogP contribution in [0.1, 0.15) is 5.56 Å². The van der Waals surface area contributed by atoms with E-state index in [2.05, 4.69) is 4.72 Å². The van der Waals surface area contributed by atoms with E-state index in [0.29, 0.717) is 11.3 Å². The van der Waals surface area contributed by atoms with Crippen LogP contribution in [-0.2, 0) is 14.8 Å². The number of amides is 1. The van der Waals surface area contributed by atoms with Crippen LogP contribution in [0.2, 0.25) is 0 Å². The Kier molecular flexibility index (Phi) is 4.28. The fourth-order valence-corrected chi connectivity index (χ4v) is 2.31. The summed E-state index contributed by atoms with van der Waals surface area (Å²) in [4.78, 5) is 10.6. The van der Waals surface area contributed by atoms with Gasteiger partial charge in [0.25, 0.3) is 0 Å². The number of carbonyl (C=O) groups excluding carboxylic acids is 1. The minimum Gasteiger partial charge on any atom is -0.399 e. The van der Waals surface area contributed by atoms with Gasteiger partial charge in [0.2, 0.25) is 15.9 Å². The van der Waals surface area contributed by atoms with Crippen molar-refractivity contribution < 1.29 is 18.3 Å². The first-order valence-electron chi connectivity index (χ1n) is 5.07. The van der Waals surface area contributed by atoms with E-state index >= 15 is 0 Å². The molecule has 0 aliphatic rings. The van der Waals surface area contributed by atoms with Gasteiger partial charge in [0.05, 0.1) is 4.90 Å². The third kappa shape index (κ3) is 3.42. The number of rotatable bonds is 5. The van der Waals surface area contributed by atoms with Gasteiger partial charge >= 0.3 is 0 Å². The molecule has 0 radical (unpaired) electrons. The Hall–Kier alpha value is -1.64. The second kappa shape index (κ2) is 5.34. The predicted octanol–water partition coefficient (Wildman–Crippen LogP) is -1.30. The average molecular weight is 273 g/mol. The predicted molar refractivity (Wildman–Crippen MR) is 66.0 cm³/mol. The molecule has 1 unspecified atom stereocenters. The third-order valence-corrected chi connectivity index (χ3v) is 3.77. The van der Waals surface area contributed by atoms with Crippen LogP contribution in [0.3, 0.4) is 0 Å². The number of nitrogen functional groups attached to an aromatic ring is 1. The number of carbonyl (C=O) groups is 1. The lowest BCUT2D eigenvalue weighted by Gasteiger charge is -2.10. The number of sulfonamides is 1. The summed E-state index contributed by atoms with van der Waals surface area (Å²) in [5.74, 6) is -0.994. The van der Waals surface area contributed by atoms with Crippen molar-refractivity contribution in [3.05, 3.63) is 23.8 Å². The first kappa shape index (κ1) is 14.4. The zero-order chi connectivity index (χ0) is 13.9. The van der Waals surface area contributed by atoms with Crippen molar-refractivity contribution in [3.8, 4) is 0 Å². The van der Waals surface area contributed by atoms with E-state index in [1.807, 2.05) is 0 Å². The van der Waals surface area contributed by atoms with Crippen molar-refractivity contribution in [2.24, 2.45) is 5.73 Å². The molecule has 0 fully saturated rings. The lowest BCUT2D eigenvalue weighted by atomic mass is 10.2. The molecule has 1 aromatic rings. The highest BCUT2D eigenvalue weighted by atomic mass is 32.2. The van der Waals surface area contributed by atoms with Gasteiger partial charge < -0.3 is 16.6 Å². The van der Waals surface area contributed by atoms with E-state index < -0.39 is 28.6 Å². The molecule has 18 heavy (non-hydrogen) atoms. The molecule has 1 aromatic carbocycles. The molecule has 1 amide bonds. The van der Waals surface area contributed by atoms with Crippen LogP contribution in [0.25, 0.3) is 0 Å². The number of aliphatic hydroxyl groups is 1. The summed E-state index contributed by atoms with van der Waals surface area (Å²) >= 11 is 0. The molecule has 1 atom stereocenters. The van der Waals surface area contributed by atoms with Gasteiger partial charge in [-0.1, -0.05) is 0 Å². The molecule has 0 saturated carbocycles. The molecule has 0 aliphatic heterocycles. The van der Waals surface area contributed by atoms with Crippen LogP contribution in [0.4, 0.5) is 5.69 Å². The molecule has 8 heteroatoms. The zero-order valence-electron chi connectivity index (χ0n) is 9.75. The molecule has 0 aromatic heterocycles. The number of aryl methyl sites for hydroxylation is 1. The summed E-state index contributed by atoms with van der Waals surface area (Å²) in [6, 6.07) is 4.20. The Balaban J connectivity index is 2.87. The van der Waals surface area contributed by atoms with Gasteiger partial charge in [0.15, 0.2) is 0 Å². The van der Waals surface area contributed by atoms with Crippen LogP contribution >= 0.6 is 0 Å². The summed E-state index contributed by atoms with van der Waals surface area (Å²) in [5, 5.41) is 9.11. The van der Waals surface area contributed by atoms with Crippen molar-refractivity contribution in [2.75, 3.05) is 12.3 Å². The van der Waals surface area contributed by atoms with E-state index in [4.69, 9.17) is 16.6 Å². The highest BCUT2D eigenvalue weighted by Crippen LogP contribution is 2.16. The molecule has 100 valence electrons. The normalized spacial score (nSPS) is 13.2. The zero-order valence-corrected chi connectivity index (χ0v) is 10.6. The lowest BCUT2D eigenvalue weighted by Crippen LogP contribution is -2.39. The largest absolute Gasteiger partial charge is 0.399 e. The van der Waals surface area contributed by atoms with Gasteiger partial charge in [0.1, 0.15) is 6.10 Å². The number of primary amides is 1. The SMILES string of the molecule is Cc1cc(S(=O)(=O)NCC(O)C(N)=O)ccc1N. The fourth-order valence-electron chi connectivity index (χ4n) is 1.19. The van der Waals surface area contributed by atoms with Crippen LogP contribution in [0.15, 0.2) is 23.1 Å². The highest BCUT2D eigenvalue weighted by molar-refractivity contribution is 7.89. The first-order chi connectivity index (χ1) is 8.24. The number of nitrogens with two attached hydrogens (primary N) is 2. The Morgan fingerprint density at radius 1 is 1.50 bits per heavy atom. The van der Waals surface area contributed by atoms with Crippen LogP contribution in [-0.4, -0.2) is 32.1 Å². The Morgan fingerprint density at radius 2 is 2.11 bits per heavy atom. The number of hydrogen-bond donors (Lipinski definition) is 4. The number of hydrogen-bond acceptors (Lipinski definition) is 5. The topological polar surface area (TPSA) is 136 Å². The lowest BCUT2D eigenvalue weighted by molar-refractivity contribution is -0.125. The molecular weight excluding hydrogens is 258 g/mol. The van der Waals surface area contributed by atoms with Crippen molar-refractivity contribution in [3.63, 3.8) is 0 Å². The van der Waals surface area contributed by atoms with Crippen LogP contribution in [0, 0.1) is 6.92 Å². The molecule has 0 saturated heterocycles. The van der Waals surface area contributed by atoms with E-state index in [0.717, 1.165) is 0 Å². The van der Waals surface area contributed by atoms with Gasteiger partial charge in [-0.2, -0.15) is 0 Å². The molecular formula is C10H15N3O4S. The van der Waals surface area contributed by atoms with Crippen molar-refractivity contribution >= 4 is 21.6 Å². The number of benzene rings is 1. The monoisotopic (exact) mass is 273 g/mol. The Bertz CT molecular complexity index is 556. The average Bonchev–Trinajstić information content (AvgIpc) is 2.29. The molecule has 0 heterocycles. The van der Waals surface area contributed by atoms with E-state index in [-0.39, 0.29) is 4.90 Å². The highest BCUT2D eigenvalue weighted by Gasteiger charge is 2.18. The molecule has 7 nitrogen and oxygen atoms in total. The smallest absolute Gasteiger partial charge is 0.247 e. The number of anilines is 1. The second-order valence-electron chi connectivity index (χ2n) is 3.79. The minimum absolute atomic E-state index is 0.00544. The van der Waals surface area contributed by atoms with Crippen LogP contribution < -0.4 is 16.2 Å². The number of nitrogens with one attached hydrogen (secondary N) is 1. The third-order valence-electron chi connectivity index (χ3n) is 2.35. The Morgan fingerprint density at radius 3 is 2.61 bits per heavy atom. The van der Waals surface area contributed by atoms with Gasteiger partial charge in [-0.15, -0.1) is 0 Å². The molecule has 0 aliphatic carbocycles. The first-order valence-corrected chi connectivity index (χ1v) is 6.55. The number of aliphatic hydroxyl groups excluding tert-OH is 1. The quantitative estimate of drug-likeness (QED) is 0.494. The maximum atomic E-state index is 11.8. The maximum absolute atomic E-state index is 11.8. The fraction of sp³-hybridized carbons (Fsp3) is 0.300. The van der Waals surface area contributed by atoms with E-state index in [1.165, 1.54) is 18.2 Å². The van der Waals surface area contributed by atoms with E-state index in [1.54, 1.807) is 6.92 Å². The van der Waals surface area contributed by atoms with Crippen molar-refractivity contribution in [2.45, 2.75) is 17.9 Å². The van der Waals surface area contributed by atoms with Crippen molar-refractivity contribution in [1.29, 1.82) is 0 Å². The molecule has 6 N–H and O–H groups in total. The van der Waals surface area contributed by atoms with Gasteiger partial charge in [-0.05, 0) is 30.7 Å². The molecule has 1 rings (SSSR count). The maximum Gasteiger partial charge on any atom is 0.247 e. The van der Waals surface area contributed by atoms with Gasteiger partial charge in [-0.3, -0.25) is 4.79 Å². The Labute approximate surface area is 105 Å². The van der Waals surface area contributed by atoms with Gasteiger partial charge in [0, 0.05) is 12.2 Å². The molecule has 0 spiro atoms. The summed E-state index contributed by atoms with van der Waals surface area (Å²) in [6.45, 7) is 1.20. The van der Waals surface area contributed by atoms with Crippen LogP contribution in [0.5, 0.6) is 0 Å². The van der Waals surface area contributed by atoms with Crippen molar-refractivity contribution in [1.82, 2.24) is 4.72 Å². The van der Waals surface area contributed by atoms with E-state index in [9.17, 15) is 13.2 Å². The summed E-state index contributed by atoms with van der Waals surface area (Å²) in [6.07, 6.45) is -1.56. The summed E-state index contributed by atoms with van der Waals surface area (Å²) in [5.41, 5.74) is 11.5. The standard InChI is InChI=1S/C10H15N3O4S/c1-6-4-7(2-3-8(6)11)18(16,17)13-5-9(14)10(12)15/h2-4,9,13-14H,5,11H2,1H3,(H2,12,15). The minimum atomic E-state index is -3.80. The van der Waals surface area contributed by atoms with Gasteiger partial charge in [-0.25, -0.2) is 13.1 Å². The summed E-state index contributed by atoms with van der Waals surface area (Å²) in [7, 11) is -3.80. The second-order valence-corrected chi connectivity index (χ2v) is 5.56. The molecule has 0 bridgehead atoms. The summed E-state index contributed by atoms with van der Waals surface area (Å²) < 4.78 is 25.7.